The van der Waals surface area contributed by atoms with Crippen LogP contribution in [0.15, 0.2) is 43.0 Å². The van der Waals surface area contributed by atoms with E-state index in [0.29, 0.717) is 18.9 Å². The molecule has 0 bridgehead atoms. The maximum absolute atomic E-state index is 12.8. The first-order valence-electron chi connectivity index (χ1n) is 11.5. The second-order valence-electron chi connectivity index (χ2n) is 8.55. The van der Waals surface area contributed by atoms with Crippen LogP contribution in [0.2, 0.25) is 0 Å². The molecule has 2 aromatic heterocycles. The zero-order valence-electron chi connectivity index (χ0n) is 19.2. The minimum absolute atomic E-state index is 0.0852. The summed E-state index contributed by atoms with van der Waals surface area (Å²) in [7, 11) is 0. The van der Waals surface area contributed by atoms with Crippen molar-refractivity contribution in [1.29, 1.82) is 0 Å². The van der Waals surface area contributed by atoms with E-state index in [9.17, 15) is 4.79 Å². The van der Waals surface area contributed by atoms with Crippen molar-refractivity contribution in [1.82, 2.24) is 24.8 Å². The first-order valence-corrected chi connectivity index (χ1v) is 11.5. The lowest BCUT2D eigenvalue weighted by molar-refractivity contribution is -0.121. The Morgan fingerprint density at radius 1 is 1.22 bits per heavy atom. The molecule has 1 aromatic carbocycles. The SMILES string of the molecule is CCc1c(C)nc(-n2ccnc2)nc1N1CCCCC1CC(=O)NCc1cccc(C)c1. The lowest BCUT2D eigenvalue weighted by Gasteiger charge is -2.37. The quantitative estimate of drug-likeness (QED) is 0.613. The average molecular weight is 433 g/mol. The van der Waals surface area contributed by atoms with Crippen LogP contribution in [-0.2, 0) is 17.8 Å². The number of aromatic nitrogens is 4. The molecule has 1 aliphatic rings. The van der Waals surface area contributed by atoms with Crippen molar-refractivity contribution in [2.24, 2.45) is 0 Å². The molecule has 3 heterocycles. The number of hydrogen-bond donors (Lipinski definition) is 1. The van der Waals surface area contributed by atoms with Gasteiger partial charge in [0.05, 0.1) is 0 Å². The van der Waals surface area contributed by atoms with Crippen LogP contribution in [0.1, 0.15) is 55.0 Å². The molecule has 168 valence electrons. The van der Waals surface area contributed by atoms with Crippen molar-refractivity contribution < 1.29 is 4.79 Å². The summed E-state index contributed by atoms with van der Waals surface area (Å²) in [6, 6.07) is 8.40. The molecule has 0 aliphatic carbocycles. The normalized spacial score (nSPS) is 16.2. The van der Waals surface area contributed by atoms with Crippen molar-refractivity contribution >= 4 is 11.7 Å². The van der Waals surface area contributed by atoms with E-state index < -0.39 is 0 Å². The van der Waals surface area contributed by atoms with Crippen LogP contribution in [0.4, 0.5) is 5.82 Å². The molecule has 1 atom stereocenters. The Balaban J connectivity index is 1.53. The summed E-state index contributed by atoms with van der Waals surface area (Å²) < 4.78 is 1.84. The van der Waals surface area contributed by atoms with Gasteiger partial charge in [0, 0.05) is 49.2 Å². The molecule has 1 N–H and O–H groups in total. The van der Waals surface area contributed by atoms with Crippen molar-refractivity contribution in [3.05, 3.63) is 65.4 Å². The molecule has 1 unspecified atom stereocenters. The zero-order valence-corrected chi connectivity index (χ0v) is 19.2. The number of carbonyl (C=O) groups excluding carboxylic acids is 1. The van der Waals surface area contributed by atoms with Crippen LogP contribution >= 0.6 is 0 Å². The van der Waals surface area contributed by atoms with Gasteiger partial charge in [-0.15, -0.1) is 0 Å². The average Bonchev–Trinajstić information content (AvgIpc) is 3.33. The Morgan fingerprint density at radius 2 is 2.09 bits per heavy atom. The summed E-state index contributed by atoms with van der Waals surface area (Å²) in [6.07, 6.45) is 9.86. The fraction of sp³-hybridized carbons (Fsp3) is 0.440. The van der Waals surface area contributed by atoms with E-state index in [1.54, 1.807) is 12.5 Å². The highest BCUT2D eigenvalue weighted by molar-refractivity contribution is 5.77. The molecule has 32 heavy (non-hydrogen) atoms. The molecule has 0 saturated carbocycles. The number of anilines is 1. The molecule has 1 saturated heterocycles. The van der Waals surface area contributed by atoms with Crippen LogP contribution in [0, 0.1) is 13.8 Å². The lowest BCUT2D eigenvalue weighted by Crippen LogP contribution is -2.44. The third-order valence-corrected chi connectivity index (χ3v) is 6.16. The van der Waals surface area contributed by atoms with Gasteiger partial charge >= 0.3 is 0 Å². The van der Waals surface area contributed by atoms with Crippen LogP contribution in [0.5, 0.6) is 0 Å². The van der Waals surface area contributed by atoms with Gasteiger partial charge in [-0.05, 0) is 45.1 Å². The highest BCUT2D eigenvalue weighted by atomic mass is 16.1. The lowest BCUT2D eigenvalue weighted by atomic mass is 9.97. The maximum atomic E-state index is 12.8. The van der Waals surface area contributed by atoms with Gasteiger partial charge in [-0.2, -0.15) is 4.98 Å². The number of aryl methyl sites for hydroxylation is 2. The number of hydrogen-bond acceptors (Lipinski definition) is 5. The summed E-state index contributed by atoms with van der Waals surface area (Å²) in [5.74, 6) is 1.67. The molecule has 7 nitrogen and oxygen atoms in total. The third-order valence-electron chi connectivity index (χ3n) is 6.16. The van der Waals surface area contributed by atoms with E-state index in [1.165, 1.54) is 5.56 Å². The second-order valence-corrected chi connectivity index (χ2v) is 8.55. The fourth-order valence-electron chi connectivity index (χ4n) is 4.51. The fourth-order valence-corrected chi connectivity index (χ4v) is 4.51. The van der Waals surface area contributed by atoms with Crippen LogP contribution in [0.3, 0.4) is 0 Å². The number of benzene rings is 1. The summed E-state index contributed by atoms with van der Waals surface area (Å²) in [6.45, 7) is 7.71. The van der Waals surface area contributed by atoms with Crippen molar-refractivity contribution in [2.45, 2.75) is 65.5 Å². The standard InChI is InChI=1S/C25H32N6O/c1-4-22-19(3)28-25(30-13-11-26-17-30)29-24(22)31-12-6-5-10-21(31)15-23(32)27-16-20-9-7-8-18(2)14-20/h7-9,11,13-14,17,21H,4-6,10,12,15-16H2,1-3H3,(H,27,32). The molecule has 3 aromatic rings. The minimum Gasteiger partial charge on any atom is -0.353 e. The second kappa shape index (κ2) is 9.94. The Labute approximate surface area is 189 Å². The van der Waals surface area contributed by atoms with E-state index in [1.807, 2.05) is 23.8 Å². The number of rotatable bonds is 7. The van der Waals surface area contributed by atoms with Crippen LogP contribution in [-0.4, -0.2) is 38.0 Å². The van der Waals surface area contributed by atoms with E-state index in [0.717, 1.165) is 54.9 Å². The minimum atomic E-state index is 0.0852. The molecule has 7 heteroatoms. The molecule has 1 fully saturated rings. The number of nitrogens with zero attached hydrogens (tertiary/aromatic N) is 5. The predicted molar refractivity (Wildman–Crippen MR) is 126 cm³/mol. The molecule has 1 amide bonds. The number of piperidine rings is 1. The first-order chi connectivity index (χ1) is 15.5. The number of carbonyl (C=O) groups is 1. The summed E-state index contributed by atoms with van der Waals surface area (Å²) in [5.41, 5.74) is 4.47. The maximum Gasteiger partial charge on any atom is 0.237 e. The van der Waals surface area contributed by atoms with Gasteiger partial charge in [-0.25, -0.2) is 9.97 Å². The summed E-state index contributed by atoms with van der Waals surface area (Å²) >= 11 is 0. The van der Waals surface area contributed by atoms with E-state index in [2.05, 4.69) is 47.2 Å². The highest BCUT2D eigenvalue weighted by Crippen LogP contribution is 2.30. The molecule has 0 spiro atoms. The van der Waals surface area contributed by atoms with Gasteiger partial charge in [0.1, 0.15) is 12.1 Å². The van der Waals surface area contributed by atoms with Crippen molar-refractivity contribution in [2.75, 3.05) is 11.4 Å². The largest absolute Gasteiger partial charge is 0.353 e. The van der Waals surface area contributed by atoms with Gasteiger partial charge in [0.15, 0.2) is 0 Å². The predicted octanol–water partition coefficient (Wildman–Crippen LogP) is 3.91. The third kappa shape index (κ3) is 4.98. The Kier molecular flexibility index (Phi) is 6.83. The van der Waals surface area contributed by atoms with Crippen molar-refractivity contribution in [3.63, 3.8) is 0 Å². The Hall–Kier alpha value is -3.22. The van der Waals surface area contributed by atoms with E-state index in [4.69, 9.17) is 9.97 Å². The monoisotopic (exact) mass is 432 g/mol. The van der Waals surface area contributed by atoms with E-state index >= 15 is 0 Å². The Bertz CT molecular complexity index is 1060. The molecule has 4 rings (SSSR count). The van der Waals surface area contributed by atoms with Crippen LogP contribution < -0.4 is 10.2 Å². The molecular weight excluding hydrogens is 400 g/mol. The topological polar surface area (TPSA) is 75.9 Å². The van der Waals surface area contributed by atoms with Gasteiger partial charge < -0.3 is 10.2 Å². The molecular formula is C25H32N6O. The van der Waals surface area contributed by atoms with E-state index in [-0.39, 0.29) is 11.9 Å². The smallest absolute Gasteiger partial charge is 0.237 e. The first kappa shape index (κ1) is 22.0. The molecule has 1 aliphatic heterocycles. The van der Waals surface area contributed by atoms with Gasteiger partial charge in [0.25, 0.3) is 0 Å². The van der Waals surface area contributed by atoms with Gasteiger partial charge in [-0.3, -0.25) is 9.36 Å². The van der Waals surface area contributed by atoms with Crippen LogP contribution in [0.25, 0.3) is 5.95 Å². The van der Waals surface area contributed by atoms with Crippen molar-refractivity contribution in [3.8, 4) is 5.95 Å². The highest BCUT2D eigenvalue weighted by Gasteiger charge is 2.28. The summed E-state index contributed by atoms with van der Waals surface area (Å²) in [4.78, 5) is 29.0. The number of nitrogens with one attached hydrogen (secondary N) is 1. The number of imidazole rings is 1. The molecule has 0 radical (unpaired) electrons. The summed E-state index contributed by atoms with van der Waals surface area (Å²) in [5, 5.41) is 3.11. The van der Waals surface area contributed by atoms with Gasteiger partial charge in [0.2, 0.25) is 11.9 Å². The van der Waals surface area contributed by atoms with Gasteiger partial charge in [-0.1, -0.05) is 36.8 Å². The number of amides is 1. The Morgan fingerprint density at radius 3 is 2.84 bits per heavy atom. The zero-order chi connectivity index (χ0) is 22.5.